The van der Waals surface area contributed by atoms with Gasteiger partial charge in [0.2, 0.25) is 5.91 Å². The first-order valence-corrected chi connectivity index (χ1v) is 13.5. The number of anilines is 2. The Balaban J connectivity index is 1.34. The van der Waals surface area contributed by atoms with E-state index in [1.807, 2.05) is 42.2 Å². The quantitative estimate of drug-likeness (QED) is 0.561. The van der Waals surface area contributed by atoms with Gasteiger partial charge in [0.25, 0.3) is 11.8 Å². The number of amides is 3. The highest BCUT2D eigenvalue weighted by atomic mass is 16.2. The van der Waals surface area contributed by atoms with Crippen LogP contribution in [0.5, 0.6) is 0 Å². The second-order valence-electron chi connectivity index (χ2n) is 10.7. The number of benzene rings is 2. The van der Waals surface area contributed by atoms with Gasteiger partial charge in [0, 0.05) is 55.3 Å². The van der Waals surface area contributed by atoms with Crippen LogP contribution in [-0.4, -0.2) is 60.9 Å². The van der Waals surface area contributed by atoms with Crippen molar-refractivity contribution in [3.63, 3.8) is 0 Å². The lowest BCUT2D eigenvalue weighted by Gasteiger charge is -2.37. The number of carbonyl (C=O) groups is 3. The topological polar surface area (TPSA) is 108 Å². The van der Waals surface area contributed by atoms with Crippen LogP contribution in [0.2, 0.25) is 0 Å². The minimum atomic E-state index is -0.216. The van der Waals surface area contributed by atoms with E-state index in [4.69, 9.17) is 5.73 Å². The second kappa shape index (κ2) is 10.9. The van der Waals surface area contributed by atoms with Gasteiger partial charge < -0.3 is 26.2 Å². The molecule has 2 aromatic carbocycles. The molecule has 0 aromatic heterocycles. The minimum absolute atomic E-state index is 0.120. The zero-order valence-electron chi connectivity index (χ0n) is 21.5. The highest BCUT2D eigenvalue weighted by Gasteiger charge is 2.35. The van der Waals surface area contributed by atoms with Crippen LogP contribution in [0.1, 0.15) is 64.8 Å². The molecule has 8 heteroatoms. The molecule has 1 heterocycles. The van der Waals surface area contributed by atoms with E-state index in [9.17, 15) is 14.4 Å². The van der Waals surface area contributed by atoms with E-state index in [-0.39, 0.29) is 35.7 Å². The highest BCUT2D eigenvalue weighted by Crippen LogP contribution is 2.33. The molecule has 3 aliphatic rings. The summed E-state index contributed by atoms with van der Waals surface area (Å²) in [7, 11) is 0. The monoisotopic (exact) mass is 503 g/mol. The maximum atomic E-state index is 13.2. The van der Waals surface area contributed by atoms with E-state index < -0.39 is 0 Å². The molecule has 0 unspecified atom stereocenters. The van der Waals surface area contributed by atoms with Crippen LogP contribution in [0.15, 0.2) is 42.5 Å². The van der Waals surface area contributed by atoms with Crippen molar-refractivity contribution in [2.24, 2.45) is 11.7 Å². The third-order valence-electron chi connectivity index (χ3n) is 7.75. The van der Waals surface area contributed by atoms with E-state index in [0.717, 1.165) is 49.8 Å². The highest BCUT2D eigenvalue weighted by molar-refractivity contribution is 6.07. The van der Waals surface area contributed by atoms with Crippen LogP contribution < -0.4 is 21.3 Å². The first-order chi connectivity index (χ1) is 17.9. The largest absolute Gasteiger partial charge is 0.366 e. The Labute approximate surface area is 218 Å². The number of nitrogens with two attached hydrogens (primary N) is 1. The summed E-state index contributed by atoms with van der Waals surface area (Å²) in [6.07, 6.45) is 5.60. The van der Waals surface area contributed by atoms with Crippen molar-refractivity contribution in [3.05, 3.63) is 59.2 Å². The normalized spacial score (nSPS) is 21.9. The number of nitrogens with zero attached hydrogens (tertiary/aromatic N) is 2. The summed E-state index contributed by atoms with van der Waals surface area (Å²) in [5, 5.41) is 6.20. The Morgan fingerprint density at radius 2 is 1.54 bits per heavy atom. The van der Waals surface area contributed by atoms with Crippen LogP contribution in [-0.2, 0) is 4.79 Å². The predicted molar refractivity (Wildman–Crippen MR) is 145 cm³/mol. The lowest BCUT2D eigenvalue weighted by molar-refractivity contribution is -0.132. The summed E-state index contributed by atoms with van der Waals surface area (Å²) in [6.45, 7) is 4.63. The van der Waals surface area contributed by atoms with Gasteiger partial charge in [0.15, 0.2) is 0 Å². The Morgan fingerprint density at radius 3 is 2.22 bits per heavy atom. The summed E-state index contributed by atoms with van der Waals surface area (Å²) in [5.41, 5.74) is 9.57. The molecule has 0 spiro atoms. The molecule has 1 saturated heterocycles. The van der Waals surface area contributed by atoms with E-state index in [1.54, 1.807) is 12.1 Å². The summed E-state index contributed by atoms with van der Waals surface area (Å²) >= 11 is 0. The number of hydrogen-bond acceptors (Lipinski definition) is 5. The first kappa shape index (κ1) is 25.3. The number of carbonyl (C=O) groups excluding carboxylic acids is 3. The smallest absolute Gasteiger partial charge is 0.255 e. The Hall–Kier alpha value is -3.39. The third kappa shape index (κ3) is 6.13. The fourth-order valence-electron chi connectivity index (χ4n) is 5.32. The van der Waals surface area contributed by atoms with Crippen molar-refractivity contribution in [2.45, 2.75) is 57.5 Å². The molecule has 2 aromatic rings. The maximum absolute atomic E-state index is 13.2. The zero-order chi connectivity index (χ0) is 25.9. The van der Waals surface area contributed by atoms with Crippen molar-refractivity contribution in [1.82, 2.24) is 10.2 Å². The molecule has 5 rings (SSSR count). The van der Waals surface area contributed by atoms with E-state index >= 15 is 0 Å². The molecule has 0 bridgehead atoms. The molecular formula is C29H37N5O3. The average molecular weight is 504 g/mol. The van der Waals surface area contributed by atoms with Gasteiger partial charge in [-0.1, -0.05) is 17.7 Å². The standard InChI is InChI=1S/C29H37N5O3/c1-19-3-2-4-21(17-19)28(36)32-25-18-22(27(35)31-24-10-8-23(30)9-11-24)7-12-26(25)33-13-15-34(16-14-33)29(37)20-5-6-20/h2-4,7,12,17-18,20,23-24H,5-6,8-11,13-16,30H2,1H3,(H,31,35)(H,32,36). The molecular weight excluding hydrogens is 466 g/mol. The molecule has 2 saturated carbocycles. The van der Waals surface area contributed by atoms with Gasteiger partial charge in [-0.25, -0.2) is 0 Å². The number of hydrogen-bond donors (Lipinski definition) is 3. The molecule has 8 nitrogen and oxygen atoms in total. The number of piperazine rings is 1. The van der Waals surface area contributed by atoms with Gasteiger partial charge >= 0.3 is 0 Å². The Kier molecular flexibility index (Phi) is 7.46. The van der Waals surface area contributed by atoms with Crippen molar-refractivity contribution in [3.8, 4) is 0 Å². The second-order valence-corrected chi connectivity index (χ2v) is 10.7. The fourth-order valence-corrected chi connectivity index (χ4v) is 5.32. The van der Waals surface area contributed by atoms with E-state index in [2.05, 4.69) is 15.5 Å². The zero-order valence-corrected chi connectivity index (χ0v) is 21.5. The third-order valence-corrected chi connectivity index (χ3v) is 7.75. The van der Waals surface area contributed by atoms with Gasteiger partial charge in [-0.2, -0.15) is 0 Å². The van der Waals surface area contributed by atoms with Crippen molar-refractivity contribution in [2.75, 3.05) is 36.4 Å². The molecule has 0 atom stereocenters. The summed E-state index contributed by atoms with van der Waals surface area (Å²) < 4.78 is 0. The molecule has 3 fully saturated rings. The Morgan fingerprint density at radius 1 is 0.838 bits per heavy atom. The van der Waals surface area contributed by atoms with Crippen LogP contribution >= 0.6 is 0 Å². The van der Waals surface area contributed by atoms with Crippen molar-refractivity contribution in [1.29, 1.82) is 0 Å². The van der Waals surface area contributed by atoms with Crippen molar-refractivity contribution >= 4 is 29.1 Å². The molecule has 2 aliphatic carbocycles. The Bertz CT molecular complexity index is 1160. The number of nitrogens with one attached hydrogen (secondary N) is 2. The fraction of sp³-hybridized carbons (Fsp3) is 0.483. The number of rotatable bonds is 6. The summed E-state index contributed by atoms with van der Waals surface area (Å²) in [5.74, 6) is 0.126. The van der Waals surface area contributed by atoms with Gasteiger partial charge in [-0.05, 0) is 75.8 Å². The van der Waals surface area contributed by atoms with Crippen molar-refractivity contribution < 1.29 is 14.4 Å². The number of aryl methyl sites for hydroxylation is 1. The van der Waals surface area contributed by atoms with Crippen LogP contribution in [0.3, 0.4) is 0 Å². The van der Waals surface area contributed by atoms with Crippen LogP contribution in [0, 0.1) is 12.8 Å². The molecule has 37 heavy (non-hydrogen) atoms. The maximum Gasteiger partial charge on any atom is 0.255 e. The van der Waals surface area contributed by atoms with Crippen LogP contribution in [0.25, 0.3) is 0 Å². The van der Waals surface area contributed by atoms with Gasteiger partial charge in [0.1, 0.15) is 0 Å². The SMILES string of the molecule is Cc1cccc(C(=O)Nc2cc(C(=O)NC3CCC(N)CC3)ccc2N2CCN(C(=O)C3CC3)CC2)c1. The lowest BCUT2D eigenvalue weighted by Crippen LogP contribution is -2.49. The molecule has 0 radical (unpaired) electrons. The van der Waals surface area contributed by atoms with Gasteiger partial charge in [0.05, 0.1) is 11.4 Å². The predicted octanol–water partition coefficient (Wildman–Crippen LogP) is 3.31. The summed E-state index contributed by atoms with van der Waals surface area (Å²) in [4.78, 5) is 42.9. The molecule has 3 amide bonds. The molecule has 4 N–H and O–H groups in total. The average Bonchev–Trinajstić information content (AvgIpc) is 3.75. The van der Waals surface area contributed by atoms with Gasteiger partial charge in [-0.15, -0.1) is 0 Å². The summed E-state index contributed by atoms with van der Waals surface area (Å²) in [6, 6.07) is 13.3. The lowest BCUT2D eigenvalue weighted by atomic mass is 9.91. The molecule has 196 valence electrons. The van der Waals surface area contributed by atoms with Gasteiger partial charge in [-0.3, -0.25) is 14.4 Å². The van der Waals surface area contributed by atoms with E-state index in [0.29, 0.717) is 43.0 Å². The van der Waals surface area contributed by atoms with E-state index in [1.165, 1.54) is 0 Å². The first-order valence-electron chi connectivity index (χ1n) is 13.5. The molecule has 1 aliphatic heterocycles. The minimum Gasteiger partial charge on any atom is -0.366 e. The van der Waals surface area contributed by atoms with Crippen LogP contribution in [0.4, 0.5) is 11.4 Å².